The normalized spacial score (nSPS) is 14.6. The maximum Gasteiger partial charge on any atom is 0.265 e. The molecule has 0 aromatic heterocycles. The van der Waals surface area contributed by atoms with Crippen molar-refractivity contribution in [2.24, 2.45) is 4.99 Å². The molecule has 24 heavy (non-hydrogen) atoms. The Morgan fingerprint density at radius 1 is 1.21 bits per heavy atom. The Kier molecular flexibility index (Phi) is 4.91. The van der Waals surface area contributed by atoms with Crippen LogP contribution in [0.5, 0.6) is 5.75 Å². The molecule has 0 aliphatic carbocycles. The van der Waals surface area contributed by atoms with E-state index in [9.17, 15) is 8.42 Å². The van der Waals surface area contributed by atoms with E-state index < -0.39 is 10.0 Å². The molecule has 0 spiro atoms. The number of sulfonamides is 1. The van der Waals surface area contributed by atoms with Crippen molar-refractivity contribution in [3.05, 3.63) is 58.6 Å². The molecule has 2 aromatic carbocycles. The zero-order valence-corrected chi connectivity index (χ0v) is 15.5. The lowest BCUT2D eigenvalue weighted by Crippen LogP contribution is -2.34. The number of aliphatic imine (C=N–C) groups is 1. The minimum atomic E-state index is -3.69. The van der Waals surface area contributed by atoms with Crippen molar-refractivity contribution in [2.45, 2.75) is 11.8 Å². The molecule has 1 aliphatic heterocycles. The fourth-order valence-electron chi connectivity index (χ4n) is 2.53. The predicted molar refractivity (Wildman–Crippen MR) is 97.0 cm³/mol. The summed E-state index contributed by atoms with van der Waals surface area (Å²) in [5.74, 6) is 0.993. The lowest BCUT2D eigenvalue weighted by atomic mass is 10.2. The second-order valence-electron chi connectivity index (χ2n) is 5.17. The number of amidine groups is 1. The zero-order valence-electron chi connectivity index (χ0n) is 13.1. The van der Waals surface area contributed by atoms with Crippen LogP contribution in [0.3, 0.4) is 0 Å². The van der Waals surface area contributed by atoms with Crippen molar-refractivity contribution in [3.63, 3.8) is 0 Å². The average molecular weight is 409 g/mol. The van der Waals surface area contributed by atoms with Crippen LogP contribution in [-0.4, -0.2) is 38.3 Å². The summed E-state index contributed by atoms with van der Waals surface area (Å²) in [5, 5.41) is 0. The number of rotatable bonds is 5. The van der Waals surface area contributed by atoms with Gasteiger partial charge in [0.05, 0.1) is 29.1 Å². The smallest absolute Gasteiger partial charge is 0.265 e. The lowest BCUT2D eigenvalue weighted by molar-refractivity contribution is 0.337. The Hall–Kier alpha value is -1.86. The Morgan fingerprint density at radius 2 is 1.96 bits per heavy atom. The summed E-state index contributed by atoms with van der Waals surface area (Å²) >= 11 is 3.37. The molecule has 0 saturated carbocycles. The van der Waals surface area contributed by atoms with Gasteiger partial charge in [0.15, 0.2) is 0 Å². The molecular weight excluding hydrogens is 392 g/mol. The summed E-state index contributed by atoms with van der Waals surface area (Å²) in [7, 11) is -3.69. The molecule has 2 aromatic rings. The van der Waals surface area contributed by atoms with Crippen molar-refractivity contribution in [2.75, 3.05) is 19.7 Å². The molecule has 1 aliphatic rings. The SMILES string of the molecule is CCOc1cc(S(=O)(=O)N2CCN=C2c2ccccc2)ccc1Br. The highest BCUT2D eigenvalue weighted by Crippen LogP contribution is 2.30. The van der Waals surface area contributed by atoms with Crippen molar-refractivity contribution in [1.29, 1.82) is 0 Å². The van der Waals surface area contributed by atoms with Gasteiger partial charge in [-0.2, -0.15) is 0 Å². The molecule has 0 atom stereocenters. The van der Waals surface area contributed by atoms with E-state index in [0.717, 1.165) is 10.0 Å². The van der Waals surface area contributed by atoms with Gasteiger partial charge < -0.3 is 4.74 Å². The van der Waals surface area contributed by atoms with Crippen molar-refractivity contribution in [3.8, 4) is 5.75 Å². The van der Waals surface area contributed by atoms with Gasteiger partial charge in [-0.05, 0) is 35.0 Å². The van der Waals surface area contributed by atoms with Gasteiger partial charge in [0.2, 0.25) is 0 Å². The third-order valence-electron chi connectivity index (χ3n) is 3.62. The van der Waals surface area contributed by atoms with Crippen LogP contribution < -0.4 is 4.74 Å². The standard InChI is InChI=1S/C17H17BrN2O3S/c1-2-23-16-12-14(8-9-15(16)18)24(21,22)20-11-10-19-17(20)13-6-4-3-5-7-13/h3-9,12H,2,10-11H2,1H3. The minimum Gasteiger partial charge on any atom is -0.493 e. The first-order valence-electron chi connectivity index (χ1n) is 7.59. The summed E-state index contributed by atoms with van der Waals surface area (Å²) < 4.78 is 33.7. The van der Waals surface area contributed by atoms with E-state index in [1.807, 2.05) is 37.3 Å². The fourth-order valence-corrected chi connectivity index (χ4v) is 4.35. The Morgan fingerprint density at radius 3 is 2.67 bits per heavy atom. The number of hydrogen-bond donors (Lipinski definition) is 0. The molecule has 1 heterocycles. The van der Waals surface area contributed by atoms with Gasteiger partial charge in [-0.25, -0.2) is 12.7 Å². The number of ether oxygens (including phenoxy) is 1. The van der Waals surface area contributed by atoms with Gasteiger partial charge in [0, 0.05) is 11.6 Å². The fraction of sp³-hybridized carbons (Fsp3) is 0.235. The van der Waals surface area contributed by atoms with Gasteiger partial charge in [0.1, 0.15) is 11.6 Å². The Bertz CT molecular complexity index is 867. The molecule has 0 radical (unpaired) electrons. The van der Waals surface area contributed by atoms with Gasteiger partial charge in [-0.1, -0.05) is 30.3 Å². The van der Waals surface area contributed by atoms with Crippen LogP contribution in [0, 0.1) is 0 Å². The molecule has 5 nitrogen and oxygen atoms in total. The molecule has 0 amide bonds. The van der Waals surface area contributed by atoms with Crippen LogP contribution in [0.1, 0.15) is 12.5 Å². The van der Waals surface area contributed by atoms with E-state index >= 15 is 0 Å². The van der Waals surface area contributed by atoms with Crippen molar-refractivity contribution >= 4 is 31.8 Å². The van der Waals surface area contributed by atoms with Crippen LogP contribution in [0.15, 0.2) is 62.9 Å². The maximum absolute atomic E-state index is 13.1. The summed E-state index contributed by atoms with van der Waals surface area (Å²) in [6, 6.07) is 14.2. The Balaban J connectivity index is 1.99. The molecule has 0 N–H and O–H groups in total. The second kappa shape index (κ2) is 6.94. The van der Waals surface area contributed by atoms with E-state index in [4.69, 9.17) is 4.74 Å². The minimum absolute atomic E-state index is 0.194. The third kappa shape index (κ3) is 3.18. The molecular formula is C17H17BrN2O3S. The highest BCUT2D eigenvalue weighted by molar-refractivity contribution is 9.10. The molecule has 7 heteroatoms. The zero-order chi connectivity index (χ0) is 17.2. The maximum atomic E-state index is 13.1. The molecule has 0 fully saturated rings. The first kappa shape index (κ1) is 17.0. The monoisotopic (exact) mass is 408 g/mol. The van der Waals surface area contributed by atoms with Gasteiger partial charge in [-0.3, -0.25) is 4.99 Å². The quantitative estimate of drug-likeness (QED) is 0.762. The van der Waals surface area contributed by atoms with Gasteiger partial charge in [-0.15, -0.1) is 0 Å². The summed E-state index contributed by atoms with van der Waals surface area (Å²) in [4.78, 5) is 4.57. The molecule has 0 unspecified atom stereocenters. The summed E-state index contributed by atoms with van der Waals surface area (Å²) in [5.41, 5.74) is 0.792. The number of nitrogens with zero attached hydrogens (tertiary/aromatic N) is 2. The van der Waals surface area contributed by atoms with Gasteiger partial charge >= 0.3 is 0 Å². The highest BCUT2D eigenvalue weighted by Gasteiger charge is 2.31. The Labute approximate surface area is 150 Å². The molecule has 0 bridgehead atoms. The third-order valence-corrected chi connectivity index (χ3v) is 6.06. The summed E-state index contributed by atoms with van der Waals surface area (Å²) in [6.07, 6.45) is 0. The van der Waals surface area contributed by atoms with E-state index in [-0.39, 0.29) is 4.90 Å². The van der Waals surface area contributed by atoms with E-state index in [2.05, 4.69) is 20.9 Å². The van der Waals surface area contributed by atoms with E-state index in [0.29, 0.717) is 31.3 Å². The number of hydrogen-bond acceptors (Lipinski definition) is 4. The van der Waals surface area contributed by atoms with E-state index in [1.165, 1.54) is 4.31 Å². The summed E-state index contributed by atoms with van der Waals surface area (Å²) in [6.45, 7) is 3.11. The average Bonchev–Trinajstić information content (AvgIpc) is 3.08. The van der Waals surface area contributed by atoms with Crippen molar-refractivity contribution in [1.82, 2.24) is 4.31 Å². The van der Waals surface area contributed by atoms with Crippen LogP contribution in [-0.2, 0) is 10.0 Å². The van der Waals surface area contributed by atoms with Crippen LogP contribution >= 0.6 is 15.9 Å². The molecule has 3 rings (SSSR count). The van der Waals surface area contributed by atoms with Gasteiger partial charge in [0.25, 0.3) is 10.0 Å². The number of benzene rings is 2. The predicted octanol–water partition coefficient (Wildman–Crippen LogP) is 3.30. The molecule has 0 saturated heterocycles. The number of halogens is 1. The molecule has 126 valence electrons. The highest BCUT2D eigenvalue weighted by atomic mass is 79.9. The second-order valence-corrected chi connectivity index (χ2v) is 7.89. The van der Waals surface area contributed by atoms with Crippen molar-refractivity contribution < 1.29 is 13.2 Å². The first-order chi connectivity index (χ1) is 11.5. The largest absolute Gasteiger partial charge is 0.493 e. The first-order valence-corrected chi connectivity index (χ1v) is 9.82. The topological polar surface area (TPSA) is 59.0 Å². The van der Waals surface area contributed by atoms with Crippen LogP contribution in [0.2, 0.25) is 0 Å². The van der Waals surface area contributed by atoms with Crippen LogP contribution in [0.25, 0.3) is 0 Å². The lowest BCUT2D eigenvalue weighted by Gasteiger charge is -2.21. The van der Waals surface area contributed by atoms with E-state index in [1.54, 1.807) is 18.2 Å². The van der Waals surface area contributed by atoms with Crippen LogP contribution in [0.4, 0.5) is 0 Å².